The number of hydrogen-bond donors (Lipinski definition) is 1. The largest absolute Gasteiger partial charge is 0.328 e. The van der Waals surface area contributed by atoms with Gasteiger partial charge >= 0.3 is 0 Å². The molecule has 0 spiro atoms. The van der Waals surface area contributed by atoms with Gasteiger partial charge in [-0.05, 0) is 51.8 Å². The highest BCUT2D eigenvalue weighted by atomic mass is 15.1. The van der Waals surface area contributed by atoms with Crippen LogP contribution in [0.15, 0.2) is 18.2 Å². The van der Waals surface area contributed by atoms with Crippen LogP contribution < -0.4 is 5.32 Å². The Hall–Kier alpha value is -1.35. The highest BCUT2D eigenvalue weighted by Crippen LogP contribution is 2.18. The van der Waals surface area contributed by atoms with Gasteiger partial charge in [0.1, 0.15) is 5.82 Å². The first-order valence-corrected chi connectivity index (χ1v) is 7.61. The molecule has 0 bridgehead atoms. The van der Waals surface area contributed by atoms with Crippen LogP contribution in [-0.4, -0.2) is 21.6 Å². The maximum absolute atomic E-state index is 4.83. The molecule has 20 heavy (non-hydrogen) atoms. The number of hydrogen-bond acceptors (Lipinski definition) is 2. The summed E-state index contributed by atoms with van der Waals surface area (Å²) in [6, 6.07) is 6.56. The summed E-state index contributed by atoms with van der Waals surface area (Å²) in [5.41, 5.74) is 3.84. The fourth-order valence-electron chi connectivity index (χ4n) is 2.50. The zero-order valence-electron chi connectivity index (χ0n) is 13.5. The molecule has 0 aliphatic carbocycles. The molecule has 1 N–H and O–H groups in total. The Balaban J connectivity index is 2.24. The lowest BCUT2D eigenvalue weighted by Crippen LogP contribution is -2.37. The van der Waals surface area contributed by atoms with E-state index in [2.05, 4.69) is 62.7 Å². The molecule has 0 fully saturated rings. The Morgan fingerprint density at radius 2 is 2.00 bits per heavy atom. The van der Waals surface area contributed by atoms with Gasteiger partial charge < -0.3 is 9.88 Å². The summed E-state index contributed by atoms with van der Waals surface area (Å²) in [6.07, 6.45) is 2.12. The molecule has 1 aromatic heterocycles. The van der Waals surface area contributed by atoms with Crippen molar-refractivity contribution in [1.82, 2.24) is 14.9 Å². The number of benzene rings is 1. The molecule has 0 saturated carbocycles. The average molecular weight is 273 g/mol. The van der Waals surface area contributed by atoms with Crippen LogP contribution in [0, 0.1) is 6.92 Å². The minimum Gasteiger partial charge on any atom is -0.328 e. The summed E-state index contributed by atoms with van der Waals surface area (Å²) in [5, 5.41) is 3.54. The summed E-state index contributed by atoms with van der Waals surface area (Å²) in [6.45, 7) is 13.0. The Morgan fingerprint density at radius 1 is 1.25 bits per heavy atom. The summed E-state index contributed by atoms with van der Waals surface area (Å²) in [5.74, 6) is 1.20. The Morgan fingerprint density at radius 3 is 2.65 bits per heavy atom. The standard InChI is InChI=1S/C17H27N3/c1-6-11-20-15-8-7-13(2)12-14(15)19-16(20)9-10-18-17(3,4)5/h7-8,12,18H,6,9-11H2,1-5H3. The van der Waals surface area contributed by atoms with E-state index in [0.29, 0.717) is 0 Å². The number of fused-ring (bicyclic) bond motifs is 1. The maximum atomic E-state index is 4.83. The monoisotopic (exact) mass is 273 g/mol. The van der Waals surface area contributed by atoms with Crippen LogP contribution >= 0.6 is 0 Å². The van der Waals surface area contributed by atoms with E-state index in [-0.39, 0.29) is 5.54 Å². The van der Waals surface area contributed by atoms with E-state index >= 15 is 0 Å². The van der Waals surface area contributed by atoms with E-state index < -0.39 is 0 Å². The fourth-order valence-corrected chi connectivity index (χ4v) is 2.50. The first-order chi connectivity index (χ1) is 9.40. The van der Waals surface area contributed by atoms with Gasteiger partial charge in [-0.3, -0.25) is 0 Å². The molecule has 3 nitrogen and oxygen atoms in total. The lowest BCUT2D eigenvalue weighted by Gasteiger charge is -2.20. The van der Waals surface area contributed by atoms with Gasteiger partial charge in [0.05, 0.1) is 11.0 Å². The van der Waals surface area contributed by atoms with Crippen molar-refractivity contribution in [3.63, 3.8) is 0 Å². The number of aryl methyl sites for hydroxylation is 2. The summed E-state index contributed by atoms with van der Waals surface area (Å²) >= 11 is 0. The molecule has 0 atom stereocenters. The van der Waals surface area contributed by atoms with Gasteiger partial charge in [0.15, 0.2) is 0 Å². The van der Waals surface area contributed by atoms with E-state index in [0.717, 1.165) is 31.4 Å². The van der Waals surface area contributed by atoms with Crippen molar-refractivity contribution in [1.29, 1.82) is 0 Å². The van der Waals surface area contributed by atoms with Gasteiger partial charge in [0, 0.05) is 25.0 Å². The molecule has 0 unspecified atom stereocenters. The van der Waals surface area contributed by atoms with Gasteiger partial charge in [0.25, 0.3) is 0 Å². The number of nitrogens with one attached hydrogen (secondary N) is 1. The third-order valence-corrected chi connectivity index (χ3v) is 3.43. The molecule has 0 saturated heterocycles. The van der Waals surface area contributed by atoms with Crippen molar-refractivity contribution in [2.24, 2.45) is 0 Å². The Kier molecular flexibility index (Phi) is 4.48. The quantitative estimate of drug-likeness (QED) is 0.900. The SMILES string of the molecule is CCCn1c(CCNC(C)(C)C)nc2cc(C)ccc21. The van der Waals surface area contributed by atoms with E-state index in [4.69, 9.17) is 4.98 Å². The van der Waals surface area contributed by atoms with Gasteiger partial charge in [-0.1, -0.05) is 13.0 Å². The molecule has 1 heterocycles. The smallest absolute Gasteiger partial charge is 0.111 e. The molecule has 0 amide bonds. The van der Waals surface area contributed by atoms with Crippen LogP contribution in [0.3, 0.4) is 0 Å². The summed E-state index contributed by atoms with van der Waals surface area (Å²) in [4.78, 5) is 4.83. The lowest BCUT2D eigenvalue weighted by molar-refractivity contribution is 0.425. The minimum absolute atomic E-state index is 0.165. The number of imidazole rings is 1. The molecule has 0 aliphatic rings. The van der Waals surface area contributed by atoms with Crippen LogP contribution in [0.1, 0.15) is 45.5 Å². The third kappa shape index (κ3) is 3.60. The van der Waals surface area contributed by atoms with Crippen molar-refractivity contribution in [2.45, 2.75) is 59.5 Å². The van der Waals surface area contributed by atoms with Gasteiger partial charge in [0.2, 0.25) is 0 Å². The summed E-state index contributed by atoms with van der Waals surface area (Å²) < 4.78 is 2.37. The highest BCUT2D eigenvalue weighted by Gasteiger charge is 2.12. The summed E-state index contributed by atoms with van der Waals surface area (Å²) in [7, 11) is 0. The Bertz CT molecular complexity index is 576. The molecular weight excluding hydrogens is 246 g/mol. The van der Waals surface area contributed by atoms with Crippen molar-refractivity contribution in [3.05, 3.63) is 29.6 Å². The second-order valence-corrected chi connectivity index (χ2v) is 6.60. The third-order valence-electron chi connectivity index (χ3n) is 3.43. The fraction of sp³-hybridized carbons (Fsp3) is 0.588. The first kappa shape index (κ1) is 15.0. The normalized spacial score (nSPS) is 12.2. The average Bonchev–Trinajstić information content (AvgIpc) is 2.66. The van der Waals surface area contributed by atoms with Crippen molar-refractivity contribution < 1.29 is 0 Å². The number of aromatic nitrogens is 2. The molecule has 3 heteroatoms. The van der Waals surface area contributed by atoms with Crippen molar-refractivity contribution >= 4 is 11.0 Å². The topological polar surface area (TPSA) is 29.9 Å². The predicted molar refractivity (Wildman–Crippen MR) is 86.2 cm³/mol. The highest BCUT2D eigenvalue weighted by molar-refractivity contribution is 5.76. The van der Waals surface area contributed by atoms with Gasteiger partial charge in [-0.15, -0.1) is 0 Å². The van der Waals surface area contributed by atoms with Crippen molar-refractivity contribution in [2.75, 3.05) is 6.54 Å². The van der Waals surface area contributed by atoms with Crippen LogP contribution in [0.5, 0.6) is 0 Å². The second-order valence-electron chi connectivity index (χ2n) is 6.60. The van der Waals surface area contributed by atoms with E-state index in [1.807, 2.05) is 0 Å². The lowest BCUT2D eigenvalue weighted by atomic mass is 10.1. The predicted octanol–water partition coefficient (Wildman–Crippen LogP) is 3.69. The van der Waals surface area contributed by atoms with E-state index in [1.54, 1.807) is 0 Å². The maximum Gasteiger partial charge on any atom is 0.111 e. The molecule has 110 valence electrons. The number of rotatable bonds is 5. The van der Waals surface area contributed by atoms with Crippen molar-refractivity contribution in [3.8, 4) is 0 Å². The number of nitrogens with zero attached hydrogens (tertiary/aromatic N) is 2. The van der Waals surface area contributed by atoms with Crippen LogP contribution in [-0.2, 0) is 13.0 Å². The molecule has 1 aromatic carbocycles. The molecular formula is C17H27N3. The van der Waals surface area contributed by atoms with Gasteiger partial charge in [-0.25, -0.2) is 4.98 Å². The van der Waals surface area contributed by atoms with Crippen LogP contribution in [0.2, 0.25) is 0 Å². The second kappa shape index (κ2) is 5.96. The molecule has 0 aliphatic heterocycles. The molecule has 0 radical (unpaired) electrons. The zero-order chi connectivity index (χ0) is 14.8. The van der Waals surface area contributed by atoms with Crippen LogP contribution in [0.4, 0.5) is 0 Å². The Labute approximate surface area is 122 Å². The van der Waals surface area contributed by atoms with E-state index in [9.17, 15) is 0 Å². The zero-order valence-corrected chi connectivity index (χ0v) is 13.5. The minimum atomic E-state index is 0.165. The van der Waals surface area contributed by atoms with E-state index in [1.165, 1.54) is 16.9 Å². The first-order valence-electron chi connectivity index (χ1n) is 7.61. The van der Waals surface area contributed by atoms with Gasteiger partial charge in [-0.2, -0.15) is 0 Å². The molecule has 2 aromatic rings. The molecule has 2 rings (SSSR count). The van der Waals surface area contributed by atoms with Crippen LogP contribution in [0.25, 0.3) is 11.0 Å².